The Labute approximate surface area is 125 Å². The van der Waals surface area contributed by atoms with Gasteiger partial charge in [-0.05, 0) is 29.8 Å². The van der Waals surface area contributed by atoms with Gasteiger partial charge in [-0.1, -0.05) is 63.4 Å². The van der Waals surface area contributed by atoms with E-state index in [0.29, 0.717) is 16.7 Å². The Kier molecular flexibility index (Phi) is 4.81. The highest BCUT2D eigenvalue weighted by molar-refractivity contribution is 9.10. The summed E-state index contributed by atoms with van der Waals surface area (Å²) in [6.07, 6.45) is 0. The third-order valence-corrected chi connectivity index (χ3v) is 3.47. The molecule has 0 unspecified atom stereocenters. The highest BCUT2D eigenvalue weighted by Gasteiger charge is 2.00. The molecule has 92 valence electrons. The van der Waals surface area contributed by atoms with Crippen LogP contribution in [-0.2, 0) is 6.54 Å². The summed E-state index contributed by atoms with van der Waals surface area (Å²) < 4.78 is 1.02. The minimum atomic E-state index is 0.502. The van der Waals surface area contributed by atoms with Gasteiger partial charge in [0.05, 0.1) is 6.54 Å². The van der Waals surface area contributed by atoms with Crippen LogP contribution in [0.1, 0.15) is 11.1 Å². The average Bonchev–Trinajstić information content (AvgIpc) is 2.37. The molecule has 0 radical (unpaired) electrons. The molecule has 2 rings (SSSR count). The predicted molar refractivity (Wildman–Crippen MR) is 81.7 cm³/mol. The second-order valence-corrected chi connectivity index (χ2v) is 5.45. The molecule has 0 N–H and O–H groups in total. The summed E-state index contributed by atoms with van der Waals surface area (Å²) in [6.45, 7) is 0.523. The van der Waals surface area contributed by atoms with Gasteiger partial charge in [0.1, 0.15) is 5.17 Å². The number of nitrogens with zero attached hydrogens (tertiary/aromatic N) is 1. The topological polar surface area (TPSA) is 12.4 Å². The lowest BCUT2D eigenvalue weighted by Gasteiger charge is -2.01. The zero-order valence-electron chi connectivity index (χ0n) is 9.41. The van der Waals surface area contributed by atoms with Gasteiger partial charge in [-0.15, -0.1) is 0 Å². The van der Waals surface area contributed by atoms with Crippen LogP contribution in [0.4, 0.5) is 0 Å². The third kappa shape index (κ3) is 3.84. The number of halogens is 3. The van der Waals surface area contributed by atoms with Crippen LogP contribution in [0, 0.1) is 0 Å². The molecule has 0 atom stereocenters. The van der Waals surface area contributed by atoms with Crippen LogP contribution in [-0.4, -0.2) is 5.17 Å². The molecule has 0 saturated heterocycles. The van der Waals surface area contributed by atoms with Crippen molar-refractivity contribution in [3.63, 3.8) is 0 Å². The van der Waals surface area contributed by atoms with E-state index in [0.717, 1.165) is 15.6 Å². The Morgan fingerprint density at radius 2 is 1.83 bits per heavy atom. The third-order valence-electron chi connectivity index (χ3n) is 2.37. The molecular formula is C14H10BrCl2N. The van der Waals surface area contributed by atoms with Crippen LogP contribution in [0.15, 0.2) is 58.0 Å². The standard InChI is InChI=1S/C14H10BrCl2N/c15-12-6-4-11(5-7-12)14(17)18-9-10-2-1-3-13(16)8-10/h1-8H,9H2. The summed E-state index contributed by atoms with van der Waals surface area (Å²) >= 11 is 15.4. The van der Waals surface area contributed by atoms with Gasteiger partial charge in [0.15, 0.2) is 0 Å². The Hall–Kier alpha value is -0.830. The van der Waals surface area contributed by atoms with Crippen LogP contribution in [0.3, 0.4) is 0 Å². The van der Waals surface area contributed by atoms with Crippen molar-refractivity contribution >= 4 is 44.3 Å². The van der Waals surface area contributed by atoms with E-state index in [2.05, 4.69) is 20.9 Å². The molecule has 2 aromatic rings. The van der Waals surface area contributed by atoms with Gasteiger partial charge in [-0.25, -0.2) is 0 Å². The Bertz CT molecular complexity index is 564. The van der Waals surface area contributed by atoms with E-state index in [1.165, 1.54) is 0 Å². The number of hydrogen-bond acceptors (Lipinski definition) is 1. The van der Waals surface area contributed by atoms with Crippen LogP contribution >= 0.6 is 39.1 Å². The molecule has 0 aliphatic carbocycles. The fraction of sp³-hybridized carbons (Fsp3) is 0.0714. The molecule has 0 spiro atoms. The molecule has 2 aromatic carbocycles. The normalized spacial score (nSPS) is 11.6. The first-order valence-electron chi connectivity index (χ1n) is 5.35. The van der Waals surface area contributed by atoms with Crippen molar-refractivity contribution in [1.29, 1.82) is 0 Å². The first kappa shape index (κ1) is 13.6. The molecule has 1 nitrogen and oxygen atoms in total. The Balaban J connectivity index is 2.11. The summed E-state index contributed by atoms with van der Waals surface area (Å²) in [4.78, 5) is 4.34. The second-order valence-electron chi connectivity index (χ2n) is 3.74. The lowest BCUT2D eigenvalue weighted by atomic mass is 10.2. The molecule has 0 saturated carbocycles. The summed E-state index contributed by atoms with van der Waals surface area (Å²) in [5, 5.41) is 1.21. The van der Waals surface area contributed by atoms with Gasteiger partial charge in [-0.2, -0.15) is 0 Å². The molecule has 0 fully saturated rings. The van der Waals surface area contributed by atoms with Gasteiger partial charge in [0.25, 0.3) is 0 Å². The second kappa shape index (κ2) is 6.37. The van der Waals surface area contributed by atoms with Crippen molar-refractivity contribution in [2.24, 2.45) is 4.99 Å². The molecule has 4 heteroatoms. The first-order valence-corrected chi connectivity index (χ1v) is 6.90. The number of rotatable bonds is 3. The van der Waals surface area contributed by atoms with Crippen LogP contribution < -0.4 is 0 Å². The van der Waals surface area contributed by atoms with Crippen molar-refractivity contribution in [2.45, 2.75) is 6.54 Å². The Morgan fingerprint density at radius 1 is 1.11 bits per heavy atom. The summed E-state index contributed by atoms with van der Waals surface area (Å²) in [5.41, 5.74) is 1.94. The first-order chi connectivity index (χ1) is 8.65. The predicted octanol–water partition coefficient (Wildman–Crippen LogP) is 5.29. The fourth-order valence-electron chi connectivity index (χ4n) is 1.47. The van der Waals surface area contributed by atoms with Gasteiger partial charge in [0, 0.05) is 15.1 Å². The maximum atomic E-state index is 6.15. The molecule has 0 heterocycles. The Morgan fingerprint density at radius 3 is 2.50 bits per heavy atom. The van der Waals surface area contributed by atoms with Crippen molar-refractivity contribution in [3.8, 4) is 0 Å². The van der Waals surface area contributed by atoms with Crippen molar-refractivity contribution < 1.29 is 0 Å². The summed E-state index contributed by atoms with van der Waals surface area (Å²) in [7, 11) is 0. The fourth-order valence-corrected chi connectivity index (χ4v) is 2.14. The zero-order valence-corrected chi connectivity index (χ0v) is 12.5. The van der Waals surface area contributed by atoms with E-state index in [-0.39, 0.29) is 0 Å². The summed E-state index contributed by atoms with van der Waals surface area (Å²) in [6, 6.07) is 15.3. The molecule has 0 aliphatic heterocycles. The zero-order chi connectivity index (χ0) is 13.0. The quantitative estimate of drug-likeness (QED) is 0.672. The molecule has 0 aromatic heterocycles. The van der Waals surface area contributed by atoms with Gasteiger partial charge >= 0.3 is 0 Å². The van der Waals surface area contributed by atoms with Crippen LogP contribution in [0.25, 0.3) is 0 Å². The van der Waals surface area contributed by atoms with E-state index in [4.69, 9.17) is 23.2 Å². The molecule has 0 amide bonds. The van der Waals surface area contributed by atoms with Gasteiger partial charge < -0.3 is 0 Å². The lowest BCUT2D eigenvalue weighted by molar-refractivity contribution is 1.07. The maximum Gasteiger partial charge on any atom is 0.131 e. The number of hydrogen-bond donors (Lipinski definition) is 0. The number of aliphatic imine (C=N–C) groups is 1. The minimum Gasteiger partial charge on any atom is -0.268 e. The summed E-state index contributed by atoms with van der Waals surface area (Å²) in [5.74, 6) is 0. The maximum absolute atomic E-state index is 6.15. The van der Waals surface area contributed by atoms with E-state index in [1.54, 1.807) is 0 Å². The smallest absolute Gasteiger partial charge is 0.131 e. The van der Waals surface area contributed by atoms with E-state index >= 15 is 0 Å². The van der Waals surface area contributed by atoms with Gasteiger partial charge in [0.2, 0.25) is 0 Å². The monoisotopic (exact) mass is 341 g/mol. The highest BCUT2D eigenvalue weighted by Crippen LogP contribution is 2.15. The van der Waals surface area contributed by atoms with Gasteiger partial charge in [-0.3, -0.25) is 4.99 Å². The highest BCUT2D eigenvalue weighted by atomic mass is 79.9. The largest absolute Gasteiger partial charge is 0.268 e. The minimum absolute atomic E-state index is 0.502. The van der Waals surface area contributed by atoms with Crippen molar-refractivity contribution in [2.75, 3.05) is 0 Å². The molecule has 0 bridgehead atoms. The molecule has 18 heavy (non-hydrogen) atoms. The lowest BCUT2D eigenvalue weighted by Crippen LogP contribution is -1.92. The SMILES string of the molecule is ClC(=NCc1cccc(Cl)c1)c1ccc(Br)cc1. The van der Waals surface area contributed by atoms with E-state index in [1.807, 2.05) is 48.5 Å². The number of benzene rings is 2. The van der Waals surface area contributed by atoms with E-state index in [9.17, 15) is 0 Å². The van der Waals surface area contributed by atoms with Crippen molar-refractivity contribution in [1.82, 2.24) is 0 Å². The average molecular weight is 343 g/mol. The molecule has 0 aliphatic rings. The van der Waals surface area contributed by atoms with Crippen LogP contribution in [0.2, 0.25) is 5.02 Å². The van der Waals surface area contributed by atoms with Crippen LogP contribution in [0.5, 0.6) is 0 Å². The van der Waals surface area contributed by atoms with Crippen molar-refractivity contribution in [3.05, 3.63) is 69.2 Å². The molecular weight excluding hydrogens is 333 g/mol. The van der Waals surface area contributed by atoms with E-state index < -0.39 is 0 Å².